The van der Waals surface area contributed by atoms with Crippen LogP contribution in [0, 0.1) is 0 Å². The molecule has 0 fully saturated rings. The summed E-state index contributed by atoms with van der Waals surface area (Å²) < 4.78 is 29.1. The first-order valence-corrected chi connectivity index (χ1v) is 8.90. The quantitative estimate of drug-likeness (QED) is 0.707. The monoisotopic (exact) mass is 318 g/mol. The van der Waals surface area contributed by atoms with E-state index in [4.69, 9.17) is 13.6 Å². The molecule has 22 heavy (non-hydrogen) atoms. The minimum absolute atomic E-state index is 0.271. The molecule has 1 aliphatic rings. The van der Waals surface area contributed by atoms with Gasteiger partial charge in [0.15, 0.2) is 0 Å². The average Bonchev–Trinajstić information content (AvgIpc) is 2.83. The number of fused-ring (bicyclic) bond motifs is 3. The SMILES string of the molecule is CCOP(=O)(OCC)OC1c2ccccc2-c2ccccc21. The van der Waals surface area contributed by atoms with E-state index in [0.29, 0.717) is 0 Å². The van der Waals surface area contributed by atoms with Crippen molar-refractivity contribution in [1.82, 2.24) is 0 Å². The van der Waals surface area contributed by atoms with Gasteiger partial charge >= 0.3 is 7.82 Å². The van der Waals surface area contributed by atoms with E-state index >= 15 is 0 Å². The van der Waals surface area contributed by atoms with Crippen LogP contribution in [0.1, 0.15) is 31.1 Å². The van der Waals surface area contributed by atoms with Gasteiger partial charge in [0, 0.05) is 0 Å². The third-order valence-corrected chi connectivity index (χ3v) is 5.20. The van der Waals surface area contributed by atoms with E-state index in [-0.39, 0.29) is 13.2 Å². The third-order valence-electron chi connectivity index (χ3n) is 3.59. The molecule has 0 aliphatic heterocycles. The van der Waals surface area contributed by atoms with E-state index in [9.17, 15) is 4.57 Å². The lowest BCUT2D eigenvalue weighted by Gasteiger charge is -2.21. The van der Waals surface area contributed by atoms with Gasteiger partial charge in [0.25, 0.3) is 0 Å². The van der Waals surface area contributed by atoms with Gasteiger partial charge in [0.2, 0.25) is 0 Å². The molecule has 0 aromatic heterocycles. The second-order valence-corrected chi connectivity index (χ2v) is 6.56. The summed E-state index contributed by atoms with van der Waals surface area (Å²) in [5.74, 6) is 0. The fourth-order valence-corrected chi connectivity index (χ4v) is 4.08. The van der Waals surface area contributed by atoms with Crippen LogP contribution in [0.4, 0.5) is 0 Å². The van der Waals surface area contributed by atoms with Crippen molar-refractivity contribution in [2.24, 2.45) is 0 Å². The van der Waals surface area contributed by atoms with Crippen molar-refractivity contribution in [1.29, 1.82) is 0 Å². The Morgan fingerprint density at radius 1 is 0.864 bits per heavy atom. The molecule has 0 saturated heterocycles. The minimum Gasteiger partial charge on any atom is -0.287 e. The molecule has 0 spiro atoms. The lowest BCUT2D eigenvalue weighted by atomic mass is 10.1. The smallest absolute Gasteiger partial charge is 0.287 e. The molecule has 3 rings (SSSR count). The molecule has 0 radical (unpaired) electrons. The summed E-state index contributed by atoms with van der Waals surface area (Å²) in [5.41, 5.74) is 4.18. The summed E-state index contributed by atoms with van der Waals surface area (Å²) in [7, 11) is -3.58. The van der Waals surface area contributed by atoms with E-state index in [1.165, 1.54) is 0 Å². The van der Waals surface area contributed by atoms with Gasteiger partial charge in [-0.3, -0.25) is 13.6 Å². The first-order valence-electron chi connectivity index (χ1n) is 7.44. The second-order valence-electron chi connectivity index (χ2n) is 4.94. The van der Waals surface area contributed by atoms with Crippen molar-refractivity contribution in [3.63, 3.8) is 0 Å². The summed E-state index contributed by atoms with van der Waals surface area (Å²) in [6.07, 6.45) is -0.434. The van der Waals surface area contributed by atoms with Crippen molar-refractivity contribution in [3.05, 3.63) is 59.7 Å². The van der Waals surface area contributed by atoms with Gasteiger partial charge in [-0.1, -0.05) is 48.5 Å². The molecule has 2 aromatic rings. The van der Waals surface area contributed by atoms with Crippen LogP contribution in [-0.4, -0.2) is 13.2 Å². The Morgan fingerprint density at radius 2 is 1.32 bits per heavy atom. The predicted octanol–water partition coefficient (Wildman–Crippen LogP) is 4.95. The van der Waals surface area contributed by atoms with Gasteiger partial charge in [-0.15, -0.1) is 0 Å². The zero-order valence-electron chi connectivity index (χ0n) is 12.7. The van der Waals surface area contributed by atoms with Crippen molar-refractivity contribution in [2.75, 3.05) is 13.2 Å². The molecule has 0 saturated carbocycles. The molecule has 5 heteroatoms. The fraction of sp³-hybridized carbons (Fsp3) is 0.294. The fourth-order valence-electron chi connectivity index (χ4n) is 2.77. The Morgan fingerprint density at radius 3 is 1.77 bits per heavy atom. The first-order chi connectivity index (χ1) is 10.7. The van der Waals surface area contributed by atoms with Crippen molar-refractivity contribution >= 4 is 7.82 Å². The van der Waals surface area contributed by atoms with Crippen LogP contribution < -0.4 is 0 Å². The van der Waals surface area contributed by atoms with Crippen LogP contribution in [0.2, 0.25) is 0 Å². The van der Waals surface area contributed by atoms with Gasteiger partial charge in [0.05, 0.1) is 13.2 Å². The molecule has 0 unspecified atom stereocenters. The molecule has 4 nitrogen and oxygen atoms in total. The topological polar surface area (TPSA) is 44.8 Å². The van der Waals surface area contributed by atoms with Gasteiger partial charge in [-0.05, 0) is 36.1 Å². The minimum atomic E-state index is -3.58. The van der Waals surface area contributed by atoms with E-state index in [2.05, 4.69) is 0 Å². The predicted molar refractivity (Wildman–Crippen MR) is 85.7 cm³/mol. The van der Waals surface area contributed by atoms with Crippen LogP contribution in [0.25, 0.3) is 11.1 Å². The third kappa shape index (κ3) is 2.75. The van der Waals surface area contributed by atoms with Crippen LogP contribution in [0.15, 0.2) is 48.5 Å². The van der Waals surface area contributed by atoms with Gasteiger partial charge in [-0.2, -0.15) is 0 Å². The van der Waals surface area contributed by atoms with E-state index in [1.807, 2.05) is 48.5 Å². The van der Waals surface area contributed by atoms with Gasteiger partial charge in [0.1, 0.15) is 6.10 Å². The molecule has 0 N–H and O–H groups in total. The highest BCUT2D eigenvalue weighted by Gasteiger charge is 2.37. The van der Waals surface area contributed by atoms with E-state index in [1.54, 1.807) is 13.8 Å². The summed E-state index contributed by atoms with van der Waals surface area (Å²) in [4.78, 5) is 0. The van der Waals surface area contributed by atoms with Crippen molar-refractivity contribution in [3.8, 4) is 11.1 Å². The van der Waals surface area contributed by atoms with Crippen LogP contribution in [-0.2, 0) is 18.1 Å². The maximum atomic E-state index is 12.7. The highest BCUT2D eigenvalue weighted by Crippen LogP contribution is 2.57. The van der Waals surface area contributed by atoms with E-state index < -0.39 is 13.9 Å². The lowest BCUT2D eigenvalue weighted by Crippen LogP contribution is -2.06. The van der Waals surface area contributed by atoms with Crippen LogP contribution >= 0.6 is 7.82 Å². The average molecular weight is 318 g/mol. The number of phosphoric ester groups is 1. The van der Waals surface area contributed by atoms with Gasteiger partial charge in [-0.25, -0.2) is 4.57 Å². The molecule has 0 amide bonds. The van der Waals surface area contributed by atoms with Crippen LogP contribution in [0.3, 0.4) is 0 Å². The maximum Gasteiger partial charge on any atom is 0.475 e. The highest BCUT2D eigenvalue weighted by molar-refractivity contribution is 7.48. The molecule has 0 bridgehead atoms. The molecular formula is C17H19O4P. The van der Waals surface area contributed by atoms with Gasteiger partial charge < -0.3 is 0 Å². The zero-order chi connectivity index (χ0) is 15.6. The summed E-state index contributed by atoms with van der Waals surface area (Å²) in [6.45, 7) is 4.08. The zero-order valence-corrected chi connectivity index (χ0v) is 13.6. The first kappa shape index (κ1) is 15.4. The Bertz CT molecular complexity index is 658. The number of rotatable bonds is 6. The Hall–Kier alpha value is -1.45. The van der Waals surface area contributed by atoms with Crippen molar-refractivity contribution < 1.29 is 18.1 Å². The molecule has 2 aromatic carbocycles. The number of phosphoric acid groups is 1. The highest BCUT2D eigenvalue weighted by atomic mass is 31.2. The standard InChI is InChI=1S/C17H19O4P/c1-3-19-22(18,20-4-2)21-17-15-11-7-5-9-13(15)14-10-6-8-12-16(14)17/h5-12,17H,3-4H2,1-2H3. The maximum absolute atomic E-state index is 12.7. The number of hydrogen-bond acceptors (Lipinski definition) is 4. The van der Waals surface area contributed by atoms with Crippen molar-refractivity contribution in [2.45, 2.75) is 20.0 Å². The Kier molecular flexibility index (Phi) is 4.46. The van der Waals surface area contributed by atoms with E-state index in [0.717, 1.165) is 22.3 Å². The van der Waals surface area contributed by atoms with Crippen LogP contribution in [0.5, 0.6) is 0 Å². The Balaban J connectivity index is 2.02. The largest absolute Gasteiger partial charge is 0.475 e. The molecule has 116 valence electrons. The lowest BCUT2D eigenvalue weighted by molar-refractivity contribution is 0.0996. The number of benzene rings is 2. The summed E-state index contributed by atoms with van der Waals surface area (Å²) in [6, 6.07) is 15.9. The molecule has 0 atom stereocenters. The molecule has 1 aliphatic carbocycles. The Labute approximate surface area is 130 Å². The normalized spacial score (nSPS) is 13.9. The molecular weight excluding hydrogens is 299 g/mol. The summed E-state index contributed by atoms with van der Waals surface area (Å²) >= 11 is 0. The summed E-state index contributed by atoms with van der Waals surface area (Å²) in [5, 5.41) is 0. The number of hydrogen-bond donors (Lipinski definition) is 0. The molecule has 0 heterocycles. The second kappa shape index (κ2) is 6.35.